The van der Waals surface area contributed by atoms with Gasteiger partial charge in [0.1, 0.15) is 0 Å². The van der Waals surface area contributed by atoms with E-state index < -0.39 is 27.8 Å². The summed E-state index contributed by atoms with van der Waals surface area (Å²) in [6.07, 6.45) is 4.60. The first-order chi connectivity index (χ1) is 13.7. The maximum absolute atomic E-state index is 13.1. The summed E-state index contributed by atoms with van der Waals surface area (Å²) >= 11 is 0. The van der Waals surface area contributed by atoms with Crippen molar-refractivity contribution in [2.24, 2.45) is 23.7 Å². The first kappa shape index (κ1) is 20.1. The Morgan fingerprint density at radius 3 is 2.24 bits per heavy atom. The highest BCUT2D eigenvalue weighted by Crippen LogP contribution is 2.48. The molecule has 1 amide bonds. The summed E-state index contributed by atoms with van der Waals surface area (Å²) in [5.41, 5.74) is 1.58. The molecule has 2 aliphatic carbocycles. The number of hydrogen-bond donors (Lipinski definition) is 1. The largest absolute Gasteiger partial charge is 0.481 e. The van der Waals surface area contributed by atoms with Crippen molar-refractivity contribution >= 4 is 21.9 Å². The molecule has 2 bridgehead atoms. The molecule has 4 atom stereocenters. The standard InChI is InChI=1S/C21H26N2O5S/c1-13-3-4-14(2)17(11-13)29(27,28)23-9-7-22(8-10-23)20(24)18-15-5-6-16(12-15)19(18)21(25)26/h3-6,11,15-16,18-19H,7-10,12H2,1-2H3,(H,25,26). The number of amides is 1. The van der Waals surface area contributed by atoms with Crippen LogP contribution >= 0.6 is 0 Å². The van der Waals surface area contributed by atoms with Gasteiger partial charge in [-0.3, -0.25) is 9.59 Å². The van der Waals surface area contributed by atoms with Gasteiger partial charge in [-0.25, -0.2) is 8.42 Å². The highest BCUT2D eigenvalue weighted by atomic mass is 32.2. The molecule has 1 saturated carbocycles. The number of aryl methyl sites for hydroxylation is 2. The number of carboxylic acids is 1. The van der Waals surface area contributed by atoms with E-state index in [1.165, 1.54) is 4.31 Å². The fourth-order valence-corrected chi connectivity index (χ4v) is 6.71. The van der Waals surface area contributed by atoms with E-state index in [9.17, 15) is 23.1 Å². The van der Waals surface area contributed by atoms with Gasteiger partial charge in [-0.1, -0.05) is 24.3 Å². The number of aliphatic carboxylic acids is 1. The Morgan fingerprint density at radius 1 is 1.00 bits per heavy atom. The van der Waals surface area contributed by atoms with Gasteiger partial charge in [0, 0.05) is 26.2 Å². The fraction of sp³-hybridized carbons (Fsp3) is 0.524. The number of carbonyl (C=O) groups excluding carboxylic acids is 1. The lowest BCUT2D eigenvalue weighted by atomic mass is 9.82. The Labute approximate surface area is 171 Å². The molecule has 1 aromatic rings. The number of allylic oxidation sites excluding steroid dienone is 2. The van der Waals surface area contributed by atoms with Crippen molar-refractivity contribution < 1.29 is 23.1 Å². The van der Waals surface area contributed by atoms with Crippen molar-refractivity contribution in [3.8, 4) is 0 Å². The number of benzene rings is 1. The van der Waals surface area contributed by atoms with E-state index in [4.69, 9.17) is 0 Å². The SMILES string of the molecule is Cc1ccc(C)c(S(=O)(=O)N2CCN(C(=O)C3C4C=CC(C4)C3C(=O)O)CC2)c1. The Balaban J connectivity index is 1.47. The number of piperazine rings is 1. The quantitative estimate of drug-likeness (QED) is 0.751. The number of nitrogens with zero attached hydrogens (tertiary/aromatic N) is 2. The number of rotatable bonds is 4. The molecule has 0 spiro atoms. The summed E-state index contributed by atoms with van der Waals surface area (Å²) in [7, 11) is -3.63. The van der Waals surface area contributed by atoms with Gasteiger partial charge in [0.2, 0.25) is 15.9 Å². The average Bonchev–Trinajstić information content (AvgIpc) is 3.31. The normalized spacial score (nSPS) is 29.4. The van der Waals surface area contributed by atoms with Crippen LogP contribution in [0.3, 0.4) is 0 Å². The lowest BCUT2D eigenvalue weighted by Gasteiger charge is -2.37. The third-order valence-corrected chi connectivity index (χ3v) is 8.58. The molecule has 1 aliphatic heterocycles. The molecule has 8 heteroatoms. The van der Waals surface area contributed by atoms with Gasteiger partial charge >= 0.3 is 5.97 Å². The van der Waals surface area contributed by atoms with Crippen LogP contribution in [0.5, 0.6) is 0 Å². The molecule has 1 N–H and O–H groups in total. The van der Waals surface area contributed by atoms with Crippen LogP contribution in [-0.4, -0.2) is 60.8 Å². The highest BCUT2D eigenvalue weighted by molar-refractivity contribution is 7.89. The number of hydrogen-bond acceptors (Lipinski definition) is 4. The van der Waals surface area contributed by atoms with E-state index in [1.54, 1.807) is 24.0 Å². The monoisotopic (exact) mass is 418 g/mol. The predicted octanol–water partition coefficient (Wildman–Crippen LogP) is 1.66. The van der Waals surface area contributed by atoms with Crippen molar-refractivity contribution in [2.75, 3.05) is 26.2 Å². The van der Waals surface area contributed by atoms with Crippen molar-refractivity contribution in [2.45, 2.75) is 25.2 Å². The summed E-state index contributed by atoms with van der Waals surface area (Å²) in [5.74, 6) is -2.38. The lowest BCUT2D eigenvalue weighted by Crippen LogP contribution is -2.53. The zero-order chi connectivity index (χ0) is 20.9. The zero-order valence-electron chi connectivity index (χ0n) is 16.6. The van der Waals surface area contributed by atoms with Gasteiger partial charge in [-0.05, 0) is 49.3 Å². The van der Waals surface area contributed by atoms with Crippen LogP contribution in [-0.2, 0) is 19.6 Å². The van der Waals surface area contributed by atoms with Crippen LogP contribution in [0, 0.1) is 37.5 Å². The lowest BCUT2D eigenvalue weighted by molar-refractivity contribution is -0.151. The van der Waals surface area contributed by atoms with Gasteiger partial charge in [-0.15, -0.1) is 0 Å². The third kappa shape index (κ3) is 3.38. The molecule has 0 aromatic heterocycles. The van der Waals surface area contributed by atoms with Crippen molar-refractivity contribution in [3.05, 3.63) is 41.5 Å². The minimum atomic E-state index is -3.63. The van der Waals surface area contributed by atoms with Crippen molar-refractivity contribution in [3.63, 3.8) is 0 Å². The summed E-state index contributed by atoms with van der Waals surface area (Å²) in [6, 6.07) is 5.37. The molecule has 1 aromatic carbocycles. The molecule has 2 fully saturated rings. The van der Waals surface area contributed by atoms with E-state index in [-0.39, 0.29) is 43.9 Å². The minimum absolute atomic E-state index is 0.0229. The molecule has 4 rings (SSSR count). The van der Waals surface area contributed by atoms with Crippen molar-refractivity contribution in [1.29, 1.82) is 0 Å². The van der Waals surface area contributed by atoms with Crippen LogP contribution in [0.2, 0.25) is 0 Å². The number of fused-ring (bicyclic) bond motifs is 2. The van der Waals surface area contributed by atoms with Gasteiger partial charge in [0.25, 0.3) is 0 Å². The molecule has 4 unspecified atom stereocenters. The number of sulfonamides is 1. The van der Waals surface area contributed by atoms with Gasteiger partial charge in [0.15, 0.2) is 0 Å². The number of carboxylic acid groups (broad SMARTS) is 1. The van der Waals surface area contributed by atoms with Gasteiger partial charge in [0.05, 0.1) is 16.7 Å². The molecule has 156 valence electrons. The molecule has 7 nitrogen and oxygen atoms in total. The second-order valence-electron chi connectivity index (χ2n) is 8.34. The van der Waals surface area contributed by atoms with Gasteiger partial charge < -0.3 is 10.0 Å². The molecule has 29 heavy (non-hydrogen) atoms. The Hall–Kier alpha value is -2.19. The van der Waals surface area contributed by atoms with E-state index >= 15 is 0 Å². The first-order valence-corrected chi connectivity index (χ1v) is 11.4. The Kier molecular flexibility index (Phi) is 5.02. The van der Waals surface area contributed by atoms with Crippen LogP contribution < -0.4 is 0 Å². The maximum atomic E-state index is 13.1. The molecule has 1 saturated heterocycles. The molecule has 0 radical (unpaired) electrons. The molecular formula is C21H26N2O5S. The second-order valence-corrected chi connectivity index (χ2v) is 10.2. The fourth-order valence-electron chi connectivity index (χ4n) is 4.98. The van der Waals surface area contributed by atoms with E-state index in [0.29, 0.717) is 16.9 Å². The summed E-state index contributed by atoms with van der Waals surface area (Å²) in [5, 5.41) is 9.58. The molecular weight excluding hydrogens is 392 g/mol. The van der Waals surface area contributed by atoms with Gasteiger partial charge in [-0.2, -0.15) is 4.31 Å². The van der Waals surface area contributed by atoms with Crippen molar-refractivity contribution in [1.82, 2.24) is 9.21 Å². The predicted molar refractivity (Wildman–Crippen MR) is 107 cm³/mol. The number of carbonyl (C=O) groups is 2. The van der Waals surface area contributed by atoms with Crippen LogP contribution in [0.15, 0.2) is 35.2 Å². The van der Waals surface area contributed by atoms with Crippen LogP contribution in [0.1, 0.15) is 17.5 Å². The smallest absolute Gasteiger partial charge is 0.307 e. The average molecular weight is 419 g/mol. The highest BCUT2D eigenvalue weighted by Gasteiger charge is 2.52. The summed E-state index contributed by atoms with van der Waals surface area (Å²) in [6.45, 7) is 4.64. The topological polar surface area (TPSA) is 95.0 Å². The Bertz CT molecular complexity index is 979. The first-order valence-electron chi connectivity index (χ1n) is 9.97. The molecule has 1 heterocycles. The third-order valence-electron chi connectivity index (χ3n) is 6.54. The minimum Gasteiger partial charge on any atom is -0.481 e. The maximum Gasteiger partial charge on any atom is 0.307 e. The summed E-state index contributed by atoms with van der Waals surface area (Å²) in [4.78, 5) is 26.7. The zero-order valence-corrected chi connectivity index (χ0v) is 17.4. The van der Waals surface area contributed by atoms with Crippen LogP contribution in [0.4, 0.5) is 0 Å². The van der Waals surface area contributed by atoms with E-state index in [1.807, 2.05) is 25.1 Å². The Morgan fingerprint density at radius 2 is 1.62 bits per heavy atom. The molecule has 3 aliphatic rings. The second kappa shape index (κ2) is 7.25. The van der Waals surface area contributed by atoms with E-state index in [2.05, 4.69) is 0 Å². The summed E-state index contributed by atoms with van der Waals surface area (Å²) < 4.78 is 27.6. The van der Waals surface area contributed by atoms with Crippen LogP contribution in [0.25, 0.3) is 0 Å². The van der Waals surface area contributed by atoms with E-state index in [0.717, 1.165) is 5.56 Å².